The highest BCUT2D eigenvalue weighted by Crippen LogP contribution is 2.24. The van der Waals surface area contributed by atoms with Crippen LogP contribution in [0.3, 0.4) is 0 Å². The minimum atomic E-state index is -1.32. The number of rotatable bonds is 1. The van der Waals surface area contributed by atoms with E-state index in [1.807, 2.05) is 0 Å². The van der Waals surface area contributed by atoms with Gasteiger partial charge in [-0.15, -0.1) is 0 Å². The Morgan fingerprint density at radius 1 is 1.14 bits per heavy atom. The van der Waals surface area contributed by atoms with Gasteiger partial charge in [-0.25, -0.2) is 0 Å². The fourth-order valence-corrected chi connectivity index (χ4v) is 2.01. The van der Waals surface area contributed by atoms with Gasteiger partial charge in [0.25, 0.3) is 0 Å². The van der Waals surface area contributed by atoms with Gasteiger partial charge in [-0.05, 0) is 13.8 Å². The molecule has 2 N–H and O–H groups in total. The maximum atomic E-state index is 12.5. The van der Waals surface area contributed by atoms with Crippen LogP contribution < -0.4 is 5.32 Å². The van der Waals surface area contributed by atoms with Gasteiger partial charge in [0.05, 0.1) is 0 Å². The minimum absolute atomic E-state index is 0.110. The standard InChI is InChI=1S/C17H15NO4/c1-10(19)18-14-13(8-9-17(2,3)22)15(20)11-6-4-5-7-12(11)16(14)21/h4-7,22H,1-3H3,(H,18,19). The number of carbonyl (C=O) groups excluding carboxylic acids is 3. The molecule has 1 aliphatic rings. The Balaban J connectivity index is 2.65. The average Bonchev–Trinajstić information content (AvgIpc) is 2.42. The van der Waals surface area contributed by atoms with Gasteiger partial charge >= 0.3 is 0 Å². The second-order valence-corrected chi connectivity index (χ2v) is 5.44. The molecule has 0 unspecified atom stereocenters. The first-order valence-electron chi connectivity index (χ1n) is 6.66. The highest BCUT2D eigenvalue weighted by atomic mass is 16.3. The number of benzene rings is 1. The van der Waals surface area contributed by atoms with E-state index in [2.05, 4.69) is 17.2 Å². The third kappa shape index (κ3) is 3.13. The summed E-state index contributed by atoms with van der Waals surface area (Å²) in [6.45, 7) is 4.16. The van der Waals surface area contributed by atoms with Crippen molar-refractivity contribution in [1.29, 1.82) is 0 Å². The zero-order chi connectivity index (χ0) is 16.5. The normalized spacial score (nSPS) is 14.2. The molecule has 0 saturated heterocycles. The van der Waals surface area contributed by atoms with Crippen molar-refractivity contribution in [2.45, 2.75) is 26.4 Å². The van der Waals surface area contributed by atoms with E-state index in [1.54, 1.807) is 12.1 Å². The van der Waals surface area contributed by atoms with Crippen LogP contribution in [0.2, 0.25) is 0 Å². The van der Waals surface area contributed by atoms with Gasteiger partial charge in [-0.2, -0.15) is 0 Å². The van der Waals surface area contributed by atoms with Crippen molar-refractivity contribution in [2.75, 3.05) is 0 Å². The van der Waals surface area contributed by atoms with Crippen LogP contribution in [-0.4, -0.2) is 28.2 Å². The molecule has 1 amide bonds. The maximum absolute atomic E-state index is 12.5. The van der Waals surface area contributed by atoms with Crippen molar-refractivity contribution >= 4 is 17.5 Å². The van der Waals surface area contributed by atoms with E-state index in [9.17, 15) is 19.5 Å². The first kappa shape index (κ1) is 15.7. The number of aliphatic hydroxyl groups is 1. The second-order valence-electron chi connectivity index (χ2n) is 5.44. The maximum Gasteiger partial charge on any atom is 0.221 e. The average molecular weight is 297 g/mol. The monoisotopic (exact) mass is 297 g/mol. The van der Waals surface area contributed by atoms with E-state index in [4.69, 9.17) is 0 Å². The highest BCUT2D eigenvalue weighted by molar-refractivity contribution is 6.29. The Labute approximate surface area is 128 Å². The van der Waals surface area contributed by atoms with Gasteiger partial charge in [0, 0.05) is 18.1 Å². The number of nitrogens with one attached hydrogen (secondary N) is 1. The minimum Gasteiger partial charge on any atom is -0.378 e. The summed E-state index contributed by atoms with van der Waals surface area (Å²) in [6.07, 6.45) is 0. The Hall–Kier alpha value is -2.71. The molecule has 0 fully saturated rings. The molecule has 0 aliphatic heterocycles. The van der Waals surface area contributed by atoms with Gasteiger partial charge in [0.1, 0.15) is 16.9 Å². The number of fused-ring (bicyclic) bond motifs is 1. The zero-order valence-corrected chi connectivity index (χ0v) is 12.5. The molecule has 0 spiro atoms. The summed E-state index contributed by atoms with van der Waals surface area (Å²) in [5, 5.41) is 12.1. The lowest BCUT2D eigenvalue weighted by Gasteiger charge is -2.18. The Bertz CT molecular complexity index is 770. The smallest absolute Gasteiger partial charge is 0.221 e. The number of amides is 1. The predicted molar refractivity (Wildman–Crippen MR) is 80.0 cm³/mol. The molecule has 1 aromatic rings. The molecule has 1 aliphatic carbocycles. The molecule has 0 radical (unpaired) electrons. The Morgan fingerprint density at radius 2 is 1.68 bits per heavy atom. The predicted octanol–water partition coefficient (Wildman–Crippen LogP) is 1.23. The van der Waals surface area contributed by atoms with Crippen LogP contribution in [0.1, 0.15) is 41.5 Å². The van der Waals surface area contributed by atoms with Crippen molar-refractivity contribution in [3.05, 3.63) is 46.7 Å². The van der Waals surface area contributed by atoms with E-state index < -0.39 is 23.1 Å². The number of allylic oxidation sites excluding steroid dienone is 2. The molecule has 5 nitrogen and oxygen atoms in total. The lowest BCUT2D eigenvalue weighted by molar-refractivity contribution is -0.118. The molecular weight excluding hydrogens is 282 g/mol. The van der Waals surface area contributed by atoms with E-state index in [0.29, 0.717) is 0 Å². The Morgan fingerprint density at radius 3 is 2.18 bits per heavy atom. The first-order valence-corrected chi connectivity index (χ1v) is 6.66. The third-order valence-electron chi connectivity index (χ3n) is 2.91. The first-order chi connectivity index (χ1) is 10.2. The zero-order valence-electron chi connectivity index (χ0n) is 12.5. The van der Waals surface area contributed by atoms with Crippen molar-refractivity contribution in [1.82, 2.24) is 5.32 Å². The van der Waals surface area contributed by atoms with Crippen LogP contribution in [-0.2, 0) is 4.79 Å². The van der Waals surface area contributed by atoms with Gasteiger partial charge in [-0.3, -0.25) is 14.4 Å². The topological polar surface area (TPSA) is 83.5 Å². The van der Waals surface area contributed by atoms with Crippen LogP contribution in [0.15, 0.2) is 35.5 Å². The van der Waals surface area contributed by atoms with Crippen LogP contribution in [0, 0.1) is 11.8 Å². The molecule has 2 rings (SSSR count). The second kappa shape index (κ2) is 5.58. The van der Waals surface area contributed by atoms with E-state index >= 15 is 0 Å². The summed E-state index contributed by atoms with van der Waals surface area (Å²) in [4.78, 5) is 36.3. The summed E-state index contributed by atoms with van der Waals surface area (Å²) < 4.78 is 0. The Kier molecular flexibility index (Phi) is 3.98. The van der Waals surface area contributed by atoms with Crippen LogP contribution in [0.25, 0.3) is 0 Å². The molecule has 112 valence electrons. The van der Waals surface area contributed by atoms with Crippen LogP contribution >= 0.6 is 0 Å². The summed E-state index contributed by atoms with van der Waals surface area (Å²) >= 11 is 0. The van der Waals surface area contributed by atoms with Gasteiger partial charge in [0.2, 0.25) is 17.5 Å². The third-order valence-corrected chi connectivity index (χ3v) is 2.91. The number of Topliss-reactive ketones (excluding diaryl/α,β-unsaturated/α-hetero) is 2. The van der Waals surface area contributed by atoms with Gasteiger partial charge < -0.3 is 10.4 Å². The summed E-state index contributed by atoms with van der Waals surface area (Å²) in [5.74, 6) is 3.64. The fraction of sp³-hybridized carbons (Fsp3) is 0.235. The molecule has 0 bridgehead atoms. The number of hydrogen-bond donors (Lipinski definition) is 2. The molecule has 1 aromatic carbocycles. The molecule has 0 saturated carbocycles. The molecule has 22 heavy (non-hydrogen) atoms. The summed E-state index contributed by atoms with van der Waals surface area (Å²) in [5.41, 5.74) is -1.12. The molecule has 0 atom stereocenters. The van der Waals surface area contributed by atoms with Crippen LogP contribution in [0.4, 0.5) is 0 Å². The van der Waals surface area contributed by atoms with Crippen molar-refractivity contribution in [3.63, 3.8) is 0 Å². The van der Waals surface area contributed by atoms with Gasteiger partial charge in [-0.1, -0.05) is 36.1 Å². The number of carbonyl (C=O) groups is 3. The highest BCUT2D eigenvalue weighted by Gasteiger charge is 2.32. The van der Waals surface area contributed by atoms with Crippen molar-refractivity contribution < 1.29 is 19.5 Å². The van der Waals surface area contributed by atoms with E-state index in [-0.39, 0.29) is 22.4 Å². The SMILES string of the molecule is CC(=O)NC1=C(C#CC(C)(C)O)C(=O)c2ccccc2C1=O. The van der Waals surface area contributed by atoms with Crippen molar-refractivity contribution in [3.8, 4) is 11.8 Å². The number of ketones is 2. The lowest BCUT2D eigenvalue weighted by Crippen LogP contribution is -2.32. The molecule has 0 aromatic heterocycles. The number of hydrogen-bond acceptors (Lipinski definition) is 4. The molecule has 0 heterocycles. The van der Waals surface area contributed by atoms with Gasteiger partial charge in [0.15, 0.2) is 0 Å². The molecule has 5 heteroatoms. The lowest BCUT2D eigenvalue weighted by atomic mass is 9.87. The van der Waals surface area contributed by atoms with Crippen molar-refractivity contribution in [2.24, 2.45) is 0 Å². The van der Waals surface area contributed by atoms with Crippen LogP contribution in [0.5, 0.6) is 0 Å². The van der Waals surface area contributed by atoms with E-state index in [1.165, 1.54) is 32.9 Å². The summed E-state index contributed by atoms with van der Waals surface area (Å²) in [7, 11) is 0. The summed E-state index contributed by atoms with van der Waals surface area (Å²) in [6, 6.07) is 6.35. The largest absolute Gasteiger partial charge is 0.378 e. The fourth-order valence-electron chi connectivity index (χ4n) is 2.01. The quantitative estimate of drug-likeness (QED) is 0.764. The molecular formula is C17H15NO4. The van der Waals surface area contributed by atoms with E-state index in [0.717, 1.165) is 0 Å².